The van der Waals surface area contributed by atoms with Crippen molar-refractivity contribution in [2.45, 2.75) is 12.8 Å². The topological polar surface area (TPSA) is 57.8 Å². The van der Waals surface area contributed by atoms with Gasteiger partial charge in [0, 0.05) is 25.1 Å². The standard InChI is InChI=1S/C8H11N3O/c1-5-10-7(2-8(12)11-5)6-3-9-4-6/h2,6,9H,3-4H2,1H3,(H,10,11,12). The van der Waals surface area contributed by atoms with E-state index < -0.39 is 0 Å². The molecule has 1 fully saturated rings. The molecule has 0 atom stereocenters. The van der Waals surface area contributed by atoms with Gasteiger partial charge in [0.2, 0.25) is 0 Å². The Kier molecular flexibility index (Phi) is 1.69. The third-order valence-electron chi connectivity index (χ3n) is 2.08. The van der Waals surface area contributed by atoms with Crippen LogP contribution in [-0.2, 0) is 0 Å². The van der Waals surface area contributed by atoms with Gasteiger partial charge in [-0.2, -0.15) is 0 Å². The Labute approximate surface area is 70.0 Å². The molecule has 1 saturated heterocycles. The molecule has 0 radical (unpaired) electrons. The molecule has 12 heavy (non-hydrogen) atoms. The van der Waals surface area contributed by atoms with Crippen molar-refractivity contribution in [1.29, 1.82) is 0 Å². The van der Waals surface area contributed by atoms with Crippen LogP contribution in [0.5, 0.6) is 0 Å². The number of rotatable bonds is 1. The van der Waals surface area contributed by atoms with Gasteiger partial charge in [0.05, 0.1) is 5.69 Å². The predicted octanol–water partition coefficient (Wildman–Crippen LogP) is -0.235. The Morgan fingerprint density at radius 3 is 2.83 bits per heavy atom. The summed E-state index contributed by atoms with van der Waals surface area (Å²) < 4.78 is 0. The first-order chi connectivity index (χ1) is 5.75. The Morgan fingerprint density at radius 2 is 2.33 bits per heavy atom. The van der Waals surface area contributed by atoms with Gasteiger partial charge in [0.25, 0.3) is 5.56 Å². The number of nitrogens with zero attached hydrogens (tertiary/aromatic N) is 1. The molecule has 1 aromatic heterocycles. The minimum atomic E-state index is -0.0515. The van der Waals surface area contributed by atoms with E-state index in [4.69, 9.17) is 0 Å². The first-order valence-corrected chi connectivity index (χ1v) is 4.04. The second kappa shape index (κ2) is 2.71. The molecule has 0 amide bonds. The van der Waals surface area contributed by atoms with Gasteiger partial charge < -0.3 is 10.3 Å². The van der Waals surface area contributed by atoms with E-state index in [1.165, 1.54) is 0 Å². The fraction of sp³-hybridized carbons (Fsp3) is 0.500. The van der Waals surface area contributed by atoms with Gasteiger partial charge in [-0.25, -0.2) is 4.98 Å². The number of hydrogen-bond donors (Lipinski definition) is 2. The molecule has 4 heteroatoms. The van der Waals surface area contributed by atoms with Crippen molar-refractivity contribution in [2.24, 2.45) is 0 Å². The highest BCUT2D eigenvalue weighted by atomic mass is 16.1. The van der Waals surface area contributed by atoms with Crippen LogP contribution in [0.1, 0.15) is 17.4 Å². The molecule has 2 N–H and O–H groups in total. The summed E-state index contributed by atoms with van der Waals surface area (Å²) in [5, 5.41) is 3.15. The lowest BCUT2D eigenvalue weighted by atomic mass is 9.99. The third-order valence-corrected chi connectivity index (χ3v) is 2.08. The van der Waals surface area contributed by atoms with E-state index in [0.29, 0.717) is 11.7 Å². The van der Waals surface area contributed by atoms with Gasteiger partial charge in [-0.3, -0.25) is 4.79 Å². The molecule has 2 heterocycles. The number of aromatic nitrogens is 2. The molecule has 4 nitrogen and oxygen atoms in total. The SMILES string of the molecule is Cc1nc(C2CNC2)cc(=O)[nH]1. The Morgan fingerprint density at radius 1 is 1.58 bits per heavy atom. The van der Waals surface area contributed by atoms with Gasteiger partial charge in [0.15, 0.2) is 0 Å². The second-order valence-corrected chi connectivity index (χ2v) is 3.11. The van der Waals surface area contributed by atoms with Gasteiger partial charge in [-0.05, 0) is 6.92 Å². The summed E-state index contributed by atoms with van der Waals surface area (Å²) in [4.78, 5) is 17.9. The number of nitrogens with one attached hydrogen (secondary N) is 2. The summed E-state index contributed by atoms with van der Waals surface area (Å²) in [6.07, 6.45) is 0. The molecular weight excluding hydrogens is 154 g/mol. The van der Waals surface area contributed by atoms with E-state index in [-0.39, 0.29) is 5.56 Å². The zero-order valence-corrected chi connectivity index (χ0v) is 6.92. The summed E-state index contributed by atoms with van der Waals surface area (Å²) in [5.41, 5.74) is 0.861. The second-order valence-electron chi connectivity index (χ2n) is 3.11. The van der Waals surface area contributed by atoms with E-state index in [1.807, 2.05) is 0 Å². The highest BCUT2D eigenvalue weighted by Crippen LogP contribution is 2.15. The summed E-state index contributed by atoms with van der Waals surface area (Å²) in [5.74, 6) is 1.13. The maximum absolute atomic E-state index is 11.0. The largest absolute Gasteiger partial charge is 0.315 e. The van der Waals surface area contributed by atoms with E-state index in [9.17, 15) is 4.79 Å². The molecular formula is C8H11N3O. The lowest BCUT2D eigenvalue weighted by molar-refractivity contribution is 0.438. The fourth-order valence-electron chi connectivity index (χ4n) is 1.31. The fourth-order valence-corrected chi connectivity index (χ4v) is 1.31. The van der Waals surface area contributed by atoms with Crippen molar-refractivity contribution in [3.8, 4) is 0 Å². The Bertz CT molecular complexity index is 340. The molecule has 0 bridgehead atoms. The summed E-state index contributed by atoms with van der Waals surface area (Å²) in [7, 11) is 0. The van der Waals surface area contributed by atoms with Crippen LogP contribution in [0.2, 0.25) is 0 Å². The molecule has 1 aliphatic heterocycles. The molecule has 0 unspecified atom stereocenters. The highest BCUT2D eigenvalue weighted by Gasteiger charge is 2.20. The van der Waals surface area contributed by atoms with Crippen LogP contribution in [0, 0.1) is 6.92 Å². The van der Waals surface area contributed by atoms with Crippen molar-refractivity contribution in [2.75, 3.05) is 13.1 Å². The smallest absolute Gasteiger partial charge is 0.251 e. The Balaban J connectivity index is 2.36. The Hall–Kier alpha value is -1.16. The maximum atomic E-state index is 11.0. The molecule has 0 aliphatic carbocycles. The van der Waals surface area contributed by atoms with Gasteiger partial charge in [-0.15, -0.1) is 0 Å². The van der Waals surface area contributed by atoms with E-state index in [2.05, 4.69) is 15.3 Å². The third kappa shape index (κ3) is 1.25. The average molecular weight is 165 g/mol. The molecule has 0 saturated carbocycles. The van der Waals surface area contributed by atoms with Crippen molar-refractivity contribution in [1.82, 2.24) is 15.3 Å². The number of H-pyrrole nitrogens is 1. The van der Waals surface area contributed by atoms with E-state index in [1.54, 1.807) is 13.0 Å². The first-order valence-electron chi connectivity index (χ1n) is 4.04. The number of aryl methyl sites for hydroxylation is 1. The van der Waals surface area contributed by atoms with E-state index in [0.717, 1.165) is 18.8 Å². The summed E-state index contributed by atoms with van der Waals surface area (Å²) >= 11 is 0. The monoisotopic (exact) mass is 165 g/mol. The van der Waals surface area contributed by atoms with Gasteiger partial charge >= 0.3 is 0 Å². The predicted molar refractivity (Wildman–Crippen MR) is 45.2 cm³/mol. The molecule has 2 rings (SSSR count). The lowest BCUT2D eigenvalue weighted by Gasteiger charge is -2.26. The van der Waals surface area contributed by atoms with Crippen LogP contribution in [0.25, 0.3) is 0 Å². The van der Waals surface area contributed by atoms with Crippen molar-refractivity contribution in [3.05, 3.63) is 27.9 Å². The van der Waals surface area contributed by atoms with Crippen LogP contribution in [0.4, 0.5) is 0 Å². The van der Waals surface area contributed by atoms with Crippen LogP contribution < -0.4 is 10.9 Å². The molecule has 64 valence electrons. The average Bonchev–Trinajstić information content (AvgIpc) is 1.79. The maximum Gasteiger partial charge on any atom is 0.251 e. The molecule has 0 aromatic carbocycles. The highest BCUT2D eigenvalue weighted by molar-refractivity contribution is 5.12. The number of hydrogen-bond acceptors (Lipinski definition) is 3. The normalized spacial score (nSPS) is 17.4. The van der Waals surface area contributed by atoms with Crippen LogP contribution in [-0.4, -0.2) is 23.1 Å². The quantitative estimate of drug-likeness (QED) is 0.604. The zero-order chi connectivity index (χ0) is 8.55. The first kappa shape index (κ1) is 7.49. The zero-order valence-electron chi connectivity index (χ0n) is 6.92. The molecule has 1 aromatic rings. The van der Waals surface area contributed by atoms with Crippen molar-refractivity contribution >= 4 is 0 Å². The lowest BCUT2D eigenvalue weighted by Crippen LogP contribution is -2.40. The van der Waals surface area contributed by atoms with Crippen molar-refractivity contribution in [3.63, 3.8) is 0 Å². The van der Waals surface area contributed by atoms with Crippen LogP contribution in [0.3, 0.4) is 0 Å². The van der Waals surface area contributed by atoms with Gasteiger partial charge in [0.1, 0.15) is 5.82 Å². The van der Waals surface area contributed by atoms with Crippen LogP contribution in [0.15, 0.2) is 10.9 Å². The van der Waals surface area contributed by atoms with Gasteiger partial charge in [-0.1, -0.05) is 0 Å². The number of aromatic amines is 1. The van der Waals surface area contributed by atoms with Crippen molar-refractivity contribution < 1.29 is 0 Å². The molecule has 1 aliphatic rings. The summed E-state index contributed by atoms with van der Waals surface area (Å²) in [6.45, 7) is 3.68. The van der Waals surface area contributed by atoms with Crippen LogP contribution >= 0.6 is 0 Å². The minimum Gasteiger partial charge on any atom is -0.315 e. The minimum absolute atomic E-state index is 0.0515. The summed E-state index contributed by atoms with van der Waals surface area (Å²) in [6, 6.07) is 1.58. The molecule has 0 spiro atoms. The van der Waals surface area contributed by atoms with E-state index >= 15 is 0 Å².